The van der Waals surface area contributed by atoms with Gasteiger partial charge in [-0.05, 0) is 105 Å². The summed E-state index contributed by atoms with van der Waals surface area (Å²) in [5, 5.41) is 12.3. The molecule has 0 saturated heterocycles. The summed E-state index contributed by atoms with van der Waals surface area (Å²) >= 11 is 6.35. The van der Waals surface area contributed by atoms with Crippen molar-refractivity contribution < 1.29 is 27.8 Å². The molecular formula is C37H44ClN3O6S. The summed E-state index contributed by atoms with van der Waals surface area (Å²) in [6, 6.07) is 16.4. The van der Waals surface area contributed by atoms with Crippen LogP contribution in [0.25, 0.3) is 0 Å². The summed E-state index contributed by atoms with van der Waals surface area (Å²) in [5.41, 5.74) is 2.24. The lowest BCUT2D eigenvalue weighted by atomic mass is 9.63. The first-order valence-electron chi connectivity index (χ1n) is 16.7. The number of rotatable bonds is 2. The molecule has 2 aromatic carbocycles. The van der Waals surface area contributed by atoms with Crippen molar-refractivity contribution in [3.63, 3.8) is 0 Å². The van der Waals surface area contributed by atoms with E-state index in [-0.39, 0.29) is 23.3 Å². The van der Waals surface area contributed by atoms with Crippen molar-refractivity contribution >= 4 is 33.2 Å². The molecule has 11 heteroatoms. The highest BCUT2D eigenvalue weighted by Crippen LogP contribution is 2.49. The van der Waals surface area contributed by atoms with Gasteiger partial charge in [-0.25, -0.2) is 18.1 Å². The zero-order valence-corrected chi connectivity index (χ0v) is 29.3. The van der Waals surface area contributed by atoms with Crippen LogP contribution >= 0.6 is 11.6 Å². The maximum absolute atomic E-state index is 13.5. The number of aromatic nitrogens is 1. The quantitative estimate of drug-likeness (QED) is 0.295. The van der Waals surface area contributed by atoms with Crippen molar-refractivity contribution in [1.82, 2.24) is 9.71 Å². The Bertz CT molecular complexity index is 1800. The molecule has 1 aromatic heterocycles. The summed E-state index contributed by atoms with van der Waals surface area (Å²) in [6.07, 6.45) is 8.36. The van der Waals surface area contributed by atoms with Gasteiger partial charge >= 0.3 is 0 Å². The number of allylic oxidation sites excluding steroid dienone is 1. The minimum atomic E-state index is -4.01. The van der Waals surface area contributed by atoms with Gasteiger partial charge in [0.15, 0.2) is 0 Å². The molecule has 1 amide bonds. The third-order valence-electron chi connectivity index (χ3n) is 10.4. The first-order valence-corrected chi connectivity index (χ1v) is 18.7. The monoisotopic (exact) mass is 693 g/mol. The summed E-state index contributed by atoms with van der Waals surface area (Å²) in [4.78, 5) is 20.4. The van der Waals surface area contributed by atoms with Crippen LogP contribution < -0.4 is 19.1 Å². The lowest BCUT2D eigenvalue weighted by Crippen LogP contribution is -2.49. The largest absolute Gasteiger partial charge is 0.487 e. The minimum absolute atomic E-state index is 0.101. The number of pyridine rings is 1. The molecule has 9 nitrogen and oxygen atoms in total. The second-order valence-corrected chi connectivity index (χ2v) is 15.9. The smallest absolute Gasteiger partial charge is 0.264 e. The maximum Gasteiger partial charge on any atom is 0.264 e. The van der Waals surface area contributed by atoms with E-state index >= 15 is 0 Å². The number of hydrogen-bond acceptors (Lipinski definition) is 8. The number of carbonyl (C=O) groups is 1. The lowest BCUT2D eigenvalue weighted by molar-refractivity contribution is -0.0530. The predicted molar refractivity (Wildman–Crippen MR) is 187 cm³/mol. The van der Waals surface area contributed by atoms with Crippen LogP contribution in [-0.4, -0.2) is 49.9 Å². The van der Waals surface area contributed by atoms with Crippen LogP contribution in [0.2, 0.25) is 5.02 Å². The van der Waals surface area contributed by atoms with Gasteiger partial charge in [0.25, 0.3) is 5.91 Å². The fourth-order valence-corrected chi connectivity index (χ4v) is 8.60. The van der Waals surface area contributed by atoms with Gasteiger partial charge in [0.1, 0.15) is 18.0 Å². The van der Waals surface area contributed by atoms with E-state index in [0.717, 1.165) is 48.9 Å². The highest BCUT2D eigenvalue weighted by Gasteiger charge is 2.48. The van der Waals surface area contributed by atoms with Crippen molar-refractivity contribution in [2.24, 2.45) is 17.8 Å². The average molecular weight is 694 g/mol. The number of sulfonamides is 1. The van der Waals surface area contributed by atoms with Gasteiger partial charge in [0.05, 0.1) is 23.7 Å². The number of hydrogen-bond donors (Lipinski definition) is 2. The molecule has 3 aromatic rings. The fraction of sp³-hybridized carbons (Fsp3) is 0.459. The molecule has 0 spiro atoms. The van der Waals surface area contributed by atoms with Crippen molar-refractivity contribution in [3.05, 3.63) is 94.2 Å². The Hall–Kier alpha value is -3.60. The molecule has 0 unspecified atom stereocenters. The van der Waals surface area contributed by atoms with Crippen molar-refractivity contribution in [2.75, 3.05) is 25.1 Å². The molecule has 0 radical (unpaired) electrons. The normalized spacial score (nSPS) is 28.3. The molecule has 3 aliphatic rings. The van der Waals surface area contributed by atoms with Gasteiger partial charge in [-0.1, -0.05) is 42.8 Å². The molecule has 48 heavy (non-hydrogen) atoms. The highest BCUT2D eigenvalue weighted by atomic mass is 35.5. The number of anilines is 1. The fourth-order valence-electron chi connectivity index (χ4n) is 7.12. The van der Waals surface area contributed by atoms with E-state index in [4.69, 9.17) is 21.1 Å². The van der Waals surface area contributed by atoms with Crippen LogP contribution in [0.4, 0.5) is 5.69 Å². The Morgan fingerprint density at radius 1 is 1.08 bits per heavy atom. The Kier molecular flexibility index (Phi) is 10.1. The molecule has 256 valence electrons. The van der Waals surface area contributed by atoms with Gasteiger partial charge in [0, 0.05) is 35.7 Å². The van der Waals surface area contributed by atoms with E-state index in [9.17, 15) is 18.3 Å². The topological polar surface area (TPSA) is 118 Å². The molecule has 5 atom stereocenters. The number of benzene rings is 2. The number of fused-ring (bicyclic) bond motifs is 3. The summed E-state index contributed by atoms with van der Waals surface area (Å²) < 4.78 is 41.0. The Morgan fingerprint density at radius 2 is 1.92 bits per heavy atom. The second kappa shape index (κ2) is 14.1. The Labute approximate surface area is 288 Å². The van der Waals surface area contributed by atoms with Gasteiger partial charge in [0.2, 0.25) is 15.9 Å². The molecule has 3 heterocycles. The minimum Gasteiger partial charge on any atom is -0.487 e. The molecule has 1 aliphatic carbocycles. The predicted octanol–water partition coefficient (Wildman–Crippen LogP) is 6.42. The molecule has 2 N–H and O–H groups in total. The molecule has 6 rings (SSSR count). The van der Waals surface area contributed by atoms with Gasteiger partial charge in [-0.3, -0.25) is 4.79 Å². The van der Waals surface area contributed by atoms with Crippen LogP contribution in [0.15, 0.2) is 66.7 Å². The molecular weight excluding hydrogens is 650 g/mol. The molecule has 1 saturated carbocycles. The number of nitrogens with one attached hydrogen (secondary N) is 1. The number of methoxy groups -OCH3 is 1. The van der Waals surface area contributed by atoms with Crippen LogP contribution in [0.3, 0.4) is 0 Å². The lowest BCUT2D eigenvalue weighted by Gasteiger charge is -2.48. The van der Waals surface area contributed by atoms with Crippen LogP contribution in [0, 0.1) is 17.8 Å². The number of aryl methyl sites for hydroxylation is 1. The molecule has 2 bridgehead atoms. The molecule has 2 aliphatic heterocycles. The van der Waals surface area contributed by atoms with Gasteiger partial charge in [-0.2, -0.15) is 0 Å². The van der Waals surface area contributed by atoms with E-state index in [1.54, 1.807) is 44.4 Å². The zero-order valence-electron chi connectivity index (χ0n) is 27.7. The summed E-state index contributed by atoms with van der Waals surface area (Å²) in [5.74, 6) is -0.0566. The van der Waals surface area contributed by atoms with Crippen LogP contribution in [-0.2, 0) is 28.7 Å². The number of amides is 1. The maximum atomic E-state index is 13.5. The van der Waals surface area contributed by atoms with E-state index in [0.29, 0.717) is 48.5 Å². The van der Waals surface area contributed by atoms with Crippen molar-refractivity contribution in [1.29, 1.82) is 0 Å². The van der Waals surface area contributed by atoms with Crippen LogP contribution in [0.5, 0.6) is 11.6 Å². The van der Waals surface area contributed by atoms with Crippen LogP contribution in [0.1, 0.15) is 73.1 Å². The second-order valence-electron chi connectivity index (χ2n) is 13.4. The SMILES string of the molecule is COc1cccc([C@@]2(O)/C=C/C[C@H](C)[C@@H](C)S(=O)(=O)NC(=O)c3ccc4c(c3)N(CCCCc3cc(Cl)ccc3CO4)C[C@@H]3CC[C@H]32)n1. The van der Waals surface area contributed by atoms with Gasteiger partial charge < -0.3 is 19.5 Å². The third-order valence-corrected chi connectivity index (χ3v) is 12.6. The highest BCUT2D eigenvalue weighted by molar-refractivity contribution is 7.90. The summed E-state index contributed by atoms with van der Waals surface area (Å²) in [7, 11) is -2.46. The summed E-state index contributed by atoms with van der Waals surface area (Å²) in [6.45, 7) is 5.04. The van der Waals surface area contributed by atoms with E-state index in [1.165, 1.54) is 0 Å². The molecule has 1 fully saturated rings. The van der Waals surface area contributed by atoms with E-state index in [1.807, 2.05) is 43.3 Å². The first kappa shape index (κ1) is 34.3. The van der Waals surface area contributed by atoms with E-state index < -0.39 is 26.8 Å². The Morgan fingerprint density at radius 3 is 2.69 bits per heavy atom. The van der Waals surface area contributed by atoms with Crippen molar-refractivity contribution in [3.8, 4) is 11.6 Å². The Balaban J connectivity index is 1.44. The van der Waals surface area contributed by atoms with E-state index in [2.05, 4.69) is 14.6 Å². The number of halogens is 1. The standard InChI is InChI=1S/C37H44ClN3O6S/c1-24-8-7-18-37(43,34-10-6-11-35(39-34)46-3)31-16-13-28(31)22-41-19-5-4-9-26-20-30(38)15-12-29(26)23-47-33-17-14-27(21-32(33)41)36(42)40-48(44,45)25(24)2/h6-7,10-12,14-15,17-18,20-21,24-25,28,31,43H,4-5,8-9,13,16,19,22-23H2,1-3H3,(H,40,42)/b18-7+/t24-,25+,28-,31+,37+/m0/s1. The number of nitrogens with zero attached hydrogens (tertiary/aromatic N) is 2. The average Bonchev–Trinajstić information content (AvgIpc) is 3.08. The number of ether oxygens (including phenoxy) is 2. The first-order chi connectivity index (χ1) is 23.0. The number of carbonyl (C=O) groups excluding carboxylic acids is 1. The van der Waals surface area contributed by atoms with Crippen molar-refractivity contribution in [2.45, 2.75) is 69.8 Å². The number of aliphatic hydroxyl groups is 1. The van der Waals surface area contributed by atoms with Gasteiger partial charge in [-0.15, -0.1) is 0 Å². The third kappa shape index (κ3) is 7.07. The zero-order chi connectivity index (χ0) is 34.1.